The van der Waals surface area contributed by atoms with Crippen molar-refractivity contribution in [2.75, 3.05) is 11.9 Å². The molecule has 0 aromatic heterocycles. The highest BCUT2D eigenvalue weighted by Crippen LogP contribution is 2.22. The molecule has 130 valence electrons. The van der Waals surface area contributed by atoms with Gasteiger partial charge in [-0.15, -0.1) is 0 Å². The summed E-state index contributed by atoms with van der Waals surface area (Å²) in [6, 6.07) is 5.81. The van der Waals surface area contributed by atoms with Gasteiger partial charge >= 0.3 is 0 Å². The first-order valence-corrected chi connectivity index (χ1v) is 9.73. The Morgan fingerprint density at radius 1 is 1.00 bits per heavy atom. The maximum Gasteiger partial charge on any atom is 0.170 e. The molecule has 2 N–H and O–H groups in total. The van der Waals surface area contributed by atoms with Gasteiger partial charge in [-0.2, -0.15) is 0 Å². The largest absolute Gasteiger partial charge is 0.362 e. The molecule has 0 amide bonds. The molecule has 1 aromatic carbocycles. The van der Waals surface area contributed by atoms with Gasteiger partial charge in [-0.25, -0.2) is 0 Å². The summed E-state index contributed by atoms with van der Waals surface area (Å²) < 4.78 is 0. The first kappa shape index (κ1) is 20.2. The highest BCUT2D eigenvalue weighted by Gasteiger charge is 2.03. The molecule has 0 heterocycles. The fourth-order valence-electron chi connectivity index (χ4n) is 2.55. The Bertz CT molecular complexity index is 463. The Labute approximate surface area is 152 Å². The molecule has 0 aliphatic carbocycles. The molecule has 23 heavy (non-hydrogen) atoms. The van der Waals surface area contributed by atoms with E-state index in [-0.39, 0.29) is 0 Å². The molecular formula is C19H31ClN2S. The van der Waals surface area contributed by atoms with Crippen LogP contribution in [0.5, 0.6) is 0 Å². The third-order valence-electron chi connectivity index (χ3n) is 4.08. The van der Waals surface area contributed by atoms with Gasteiger partial charge in [0.2, 0.25) is 0 Å². The lowest BCUT2D eigenvalue weighted by Crippen LogP contribution is -2.29. The Hall–Kier alpha value is -0.800. The number of nitrogens with one attached hydrogen (secondary N) is 2. The molecule has 1 rings (SSSR count). The van der Waals surface area contributed by atoms with E-state index in [1.54, 1.807) is 0 Å². The average molecular weight is 355 g/mol. The van der Waals surface area contributed by atoms with Crippen LogP contribution < -0.4 is 10.6 Å². The molecule has 0 saturated carbocycles. The minimum atomic E-state index is 0.676. The van der Waals surface area contributed by atoms with Gasteiger partial charge in [0, 0.05) is 17.3 Å². The molecule has 0 radical (unpaired) electrons. The van der Waals surface area contributed by atoms with Crippen LogP contribution >= 0.6 is 23.8 Å². The van der Waals surface area contributed by atoms with Crippen molar-refractivity contribution in [2.24, 2.45) is 0 Å². The van der Waals surface area contributed by atoms with Gasteiger partial charge in [-0.3, -0.25) is 0 Å². The van der Waals surface area contributed by atoms with Crippen molar-refractivity contribution >= 4 is 34.6 Å². The van der Waals surface area contributed by atoms with Crippen LogP contribution in [0, 0.1) is 6.92 Å². The number of thiocarbonyl (C=S) groups is 1. The van der Waals surface area contributed by atoms with E-state index in [2.05, 4.69) is 17.6 Å². The number of hydrogen-bond donors (Lipinski definition) is 2. The van der Waals surface area contributed by atoms with Crippen molar-refractivity contribution in [3.05, 3.63) is 28.8 Å². The second-order valence-corrected chi connectivity index (χ2v) is 6.94. The summed E-state index contributed by atoms with van der Waals surface area (Å²) in [4.78, 5) is 0. The molecule has 0 spiro atoms. The van der Waals surface area contributed by atoms with Crippen molar-refractivity contribution in [3.63, 3.8) is 0 Å². The Morgan fingerprint density at radius 3 is 2.26 bits per heavy atom. The zero-order valence-corrected chi connectivity index (χ0v) is 16.2. The molecule has 4 heteroatoms. The van der Waals surface area contributed by atoms with Crippen LogP contribution in [0.3, 0.4) is 0 Å². The number of anilines is 1. The van der Waals surface area contributed by atoms with Gasteiger partial charge in [0.05, 0.1) is 0 Å². The van der Waals surface area contributed by atoms with Crippen LogP contribution in [0.25, 0.3) is 0 Å². The molecule has 0 aliphatic heterocycles. The minimum Gasteiger partial charge on any atom is -0.362 e. The molecule has 0 atom stereocenters. The normalized spacial score (nSPS) is 10.6. The summed E-state index contributed by atoms with van der Waals surface area (Å²) >= 11 is 11.4. The van der Waals surface area contributed by atoms with Gasteiger partial charge in [0.25, 0.3) is 0 Å². The van der Waals surface area contributed by atoms with E-state index < -0.39 is 0 Å². The van der Waals surface area contributed by atoms with Gasteiger partial charge in [-0.05, 0) is 43.3 Å². The molecule has 0 fully saturated rings. The van der Waals surface area contributed by atoms with Crippen LogP contribution in [0.1, 0.15) is 70.3 Å². The number of halogens is 1. The van der Waals surface area contributed by atoms with E-state index in [1.807, 2.05) is 25.1 Å². The van der Waals surface area contributed by atoms with Crippen molar-refractivity contribution < 1.29 is 0 Å². The van der Waals surface area contributed by atoms with Gasteiger partial charge in [-0.1, -0.05) is 76.0 Å². The molecule has 2 nitrogen and oxygen atoms in total. The maximum atomic E-state index is 6.11. The van der Waals surface area contributed by atoms with E-state index >= 15 is 0 Å². The summed E-state index contributed by atoms with van der Waals surface area (Å²) in [5.41, 5.74) is 2.00. The fraction of sp³-hybridized carbons (Fsp3) is 0.632. The number of unbranched alkanes of at least 4 members (excludes halogenated alkanes) is 8. The third kappa shape index (κ3) is 9.17. The second-order valence-electron chi connectivity index (χ2n) is 6.12. The zero-order valence-electron chi connectivity index (χ0n) is 14.6. The SMILES string of the molecule is CCCCCCCCCCCNC(=S)Nc1cccc(Cl)c1C. The summed E-state index contributed by atoms with van der Waals surface area (Å²) in [6.45, 7) is 5.19. The molecule has 0 bridgehead atoms. The molecule has 1 aromatic rings. The summed E-state index contributed by atoms with van der Waals surface area (Å²) in [6.07, 6.45) is 12.1. The minimum absolute atomic E-state index is 0.676. The molecule has 0 aliphatic rings. The lowest BCUT2D eigenvalue weighted by molar-refractivity contribution is 0.563. The standard InChI is InChI=1S/C19H31ClN2S/c1-3-4-5-6-7-8-9-10-11-15-21-19(23)22-18-14-12-13-17(20)16(18)2/h12-14H,3-11,15H2,1-2H3,(H2,21,22,23). The highest BCUT2D eigenvalue weighted by molar-refractivity contribution is 7.80. The summed E-state index contributed by atoms with van der Waals surface area (Å²) in [5.74, 6) is 0. The van der Waals surface area contributed by atoms with E-state index in [4.69, 9.17) is 23.8 Å². The molecule has 0 unspecified atom stereocenters. The van der Waals surface area contributed by atoms with Crippen molar-refractivity contribution in [1.82, 2.24) is 5.32 Å². The summed E-state index contributed by atoms with van der Waals surface area (Å²) in [5, 5.41) is 7.93. The second kappa shape index (κ2) is 12.6. The first-order valence-electron chi connectivity index (χ1n) is 8.95. The Morgan fingerprint density at radius 2 is 1.61 bits per heavy atom. The van der Waals surface area contributed by atoms with Crippen LogP contribution in [0.4, 0.5) is 5.69 Å². The van der Waals surface area contributed by atoms with Crippen molar-refractivity contribution in [1.29, 1.82) is 0 Å². The zero-order chi connectivity index (χ0) is 16.9. The van der Waals surface area contributed by atoms with Gasteiger partial charge < -0.3 is 10.6 Å². The monoisotopic (exact) mass is 354 g/mol. The Balaban J connectivity index is 2.03. The van der Waals surface area contributed by atoms with E-state index in [0.29, 0.717) is 5.11 Å². The number of benzene rings is 1. The predicted octanol–water partition coefficient (Wildman–Crippen LogP) is 6.47. The van der Waals surface area contributed by atoms with Crippen molar-refractivity contribution in [2.45, 2.75) is 71.6 Å². The Kier molecular flexibility index (Phi) is 11.1. The van der Waals surface area contributed by atoms with E-state index in [0.717, 1.165) is 22.8 Å². The lowest BCUT2D eigenvalue weighted by atomic mass is 10.1. The lowest BCUT2D eigenvalue weighted by Gasteiger charge is -2.13. The predicted molar refractivity (Wildman–Crippen MR) is 108 cm³/mol. The number of rotatable bonds is 11. The van der Waals surface area contributed by atoms with Crippen LogP contribution in [0.15, 0.2) is 18.2 Å². The third-order valence-corrected chi connectivity index (χ3v) is 4.74. The average Bonchev–Trinajstić information content (AvgIpc) is 2.53. The van der Waals surface area contributed by atoms with Crippen molar-refractivity contribution in [3.8, 4) is 0 Å². The van der Waals surface area contributed by atoms with Crippen LogP contribution in [-0.2, 0) is 0 Å². The van der Waals surface area contributed by atoms with Crippen LogP contribution in [0.2, 0.25) is 5.02 Å². The summed E-state index contributed by atoms with van der Waals surface area (Å²) in [7, 11) is 0. The smallest absolute Gasteiger partial charge is 0.170 e. The highest BCUT2D eigenvalue weighted by atomic mass is 35.5. The fourth-order valence-corrected chi connectivity index (χ4v) is 2.93. The quantitative estimate of drug-likeness (QED) is 0.352. The molecular weight excluding hydrogens is 324 g/mol. The van der Waals surface area contributed by atoms with Gasteiger partial charge in [0.15, 0.2) is 5.11 Å². The molecule has 0 saturated heterocycles. The van der Waals surface area contributed by atoms with E-state index in [1.165, 1.54) is 57.8 Å². The van der Waals surface area contributed by atoms with E-state index in [9.17, 15) is 0 Å². The maximum absolute atomic E-state index is 6.11. The number of hydrogen-bond acceptors (Lipinski definition) is 1. The first-order chi connectivity index (χ1) is 11.1. The van der Waals surface area contributed by atoms with Gasteiger partial charge in [0.1, 0.15) is 0 Å². The topological polar surface area (TPSA) is 24.1 Å². The van der Waals surface area contributed by atoms with Crippen LogP contribution in [-0.4, -0.2) is 11.7 Å².